The van der Waals surface area contributed by atoms with Crippen molar-refractivity contribution in [1.29, 1.82) is 0 Å². The zero-order valence-electron chi connectivity index (χ0n) is 11.2. The second-order valence-corrected chi connectivity index (χ2v) is 4.96. The van der Waals surface area contributed by atoms with Crippen LogP contribution in [0, 0.1) is 5.82 Å². The third-order valence-electron chi connectivity index (χ3n) is 2.59. The van der Waals surface area contributed by atoms with Gasteiger partial charge in [-0.1, -0.05) is 6.07 Å². The molecule has 0 saturated carbocycles. The van der Waals surface area contributed by atoms with E-state index in [0.29, 0.717) is 5.75 Å². The van der Waals surface area contributed by atoms with Gasteiger partial charge in [-0.05, 0) is 24.0 Å². The summed E-state index contributed by atoms with van der Waals surface area (Å²) in [5, 5.41) is 11.5. The van der Waals surface area contributed by atoms with Crippen LogP contribution >= 0.6 is 11.8 Å². The molecule has 0 aliphatic carbocycles. The van der Waals surface area contributed by atoms with E-state index in [9.17, 15) is 14.0 Å². The van der Waals surface area contributed by atoms with Crippen LogP contribution in [0.3, 0.4) is 0 Å². The number of halogens is 1. The van der Waals surface area contributed by atoms with E-state index in [0.717, 1.165) is 6.07 Å². The van der Waals surface area contributed by atoms with Crippen LogP contribution in [0.1, 0.15) is 18.0 Å². The normalized spacial score (nSPS) is 11.8. The van der Waals surface area contributed by atoms with E-state index in [-0.39, 0.29) is 23.6 Å². The summed E-state index contributed by atoms with van der Waals surface area (Å²) in [6.07, 6.45) is 2.06. The van der Waals surface area contributed by atoms with Crippen molar-refractivity contribution >= 4 is 23.6 Å². The minimum Gasteiger partial charge on any atom is -0.494 e. The van der Waals surface area contributed by atoms with Gasteiger partial charge in [-0.15, -0.1) is 0 Å². The summed E-state index contributed by atoms with van der Waals surface area (Å²) < 4.78 is 18.3. The lowest BCUT2D eigenvalue weighted by Crippen LogP contribution is -2.34. The molecule has 0 bridgehead atoms. The summed E-state index contributed by atoms with van der Waals surface area (Å²) in [5.74, 6) is -1.69. The largest absolute Gasteiger partial charge is 0.494 e. The number of thioether (sulfide) groups is 1. The van der Waals surface area contributed by atoms with E-state index >= 15 is 0 Å². The minimum absolute atomic E-state index is 0.0200. The molecule has 0 radical (unpaired) electrons. The molecule has 0 heterocycles. The fraction of sp³-hybridized carbons (Fsp3) is 0.385. The number of carbonyl (C=O) groups is 2. The molecule has 1 aromatic rings. The molecule has 1 rings (SSSR count). The van der Waals surface area contributed by atoms with Crippen molar-refractivity contribution in [2.75, 3.05) is 19.1 Å². The van der Waals surface area contributed by atoms with Crippen molar-refractivity contribution in [2.24, 2.45) is 0 Å². The average Bonchev–Trinajstić information content (AvgIpc) is 2.42. The zero-order valence-corrected chi connectivity index (χ0v) is 12.0. The minimum atomic E-state index is -1.27. The highest BCUT2D eigenvalue weighted by Crippen LogP contribution is 2.22. The molecule has 2 N–H and O–H groups in total. The number of hydrogen-bond acceptors (Lipinski definition) is 4. The summed E-state index contributed by atoms with van der Waals surface area (Å²) in [6.45, 7) is 0. The van der Waals surface area contributed by atoms with Gasteiger partial charge in [-0.25, -0.2) is 9.18 Å². The van der Waals surface area contributed by atoms with Crippen LogP contribution in [0.2, 0.25) is 0 Å². The van der Waals surface area contributed by atoms with E-state index < -0.39 is 17.8 Å². The number of carbonyl (C=O) groups excluding carboxylic acids is 1. The van der Waals surface area contributed by atoms with Crippen molar-refractivity contribution < 1.29 is 23.8 Å². The van der Waals surface area contributed by atoms with Gasteiger partial charge >= 0.3 is 5.97 Å². The molecule has 110 valence electrons. The maximum atomic E-state index is 13.6. The van der Waals surface area contributed by atoms with Crippen LogP contribution in [0.25, 0.3) is 0 Å². The number of methoxy groups -OCH3 is 1. The van der Waals surface area contributed by atoms with Gasteiger partial charge < -0.3 is 15.2 Å². The number of carboxylic acid groups (broad SMARTS) is 1. The van der Waals surface area contributed by atoms with E-state index in [1.54, 1.807) is 0 Å². The van der Waals surface area contributed by atoms with Crippen molar-refractivity contribution in [3.05, 3.63) is 29.6 Å². The first kappa shape index (κ1) is 16.3. The highest BCUT2D eigenvalue weighted by atomic mass is 32.2. The molecule has 1 atom stereocenters. The zero-order chi connectivity index (χ0) is 15.1. The predicted octanol–water partition coefficient (Wildman–Crippen LogP) is 1.83. The maximum Gasteiger partial charge on any atom is 0.330 e. The molecule has 1 unspecified atom stereocenters. The average molecular weight is 301 g/mol. The number of nitrogens with one attached hydrogen (secondary N) is 1. The van der Waals surface area contributed by atoms with Gasteiger partial charge in [-0.2, -0.15) is 11.8 Å². The molecule has 5 nitrogen and oxygen atoms in total. The van der Waals surface area contributed by atoms with Gasteiger partial charge in [0.25, 0.3) is 0 Å². The van der Waals surface area contributed by atoms with Crippen LogP contribution in [-0.2, 0) is 9.59 Å². The van der Waals surface area contributed by atoms with Crippen LogP contribution < -0.4 is 10.1 Å². The molecule has 7 heteroatoms. The molecule has 0 aliphatic heterocycles. The number of aliphatic carboxylic acids is 1. The summed E-state index contributed by atoms with van der Waals surface area (Å²) in [5.41, 5.74) is 0.160. The Labute approximate surface area is 120 Å². The summed E-state index contributed by atoms with van der Waals surface area (Å²) in [7, 11) is 1.32. The van der Waals surface area contributed by atoms with Crippen molar-refractivity contribution in [2.45, 2.75) is 12.5 Å². The van der Waals surface area contributed by atoms with Crippen LogP contribution in [0.15, 0.2) is 18.2 Å². The number of hydrogen-bond donors (Lipinski definition) is 2. The number of benzene rings is 1. The van der Waals surface area contributed by atoms with Gasteiger partial charge in [0, 0.05) is 12.2 Å². The molecular formula is C13H16FNO4S. The van der Waals surface area contributed by atoms with Crippen LogP contribution in [-0.4, -0.2) is 36.1 Å². The van der Waals surface area contributed by atoms with Gasteiger partial charge in [-0.3, -0.25) is 4.79 Å². The quantitative estimate of drug-likeness (QED) is 0.803. The van der Waals surface area contributed by atoms with Gasteiger partial charge in [0.2, 0.25) is 5.91 Å². The van der Waals surface area contributed by atoms with Crippen molar-refractivity contribution in [3.8, 4) is 5.75 Å². The molecule has 0 saturated heterocycles. The third-order valence-corrected chi connectivity index (χ3v) is 3.21. The monoisotopic (exact) mass is 301 g/mol. The molecule has 0 spiro atoms. The van der Waals surface area contributed by atoms with E-state index in [4.69, 9.17) is 9.84 Å². The highest BCUT2D eigenvalue weighted by molar-refractivity contribution is 7.98. The molecule has 1 amide bonds. The van der Waals surface area contributed by atoms with Crippen LogP contribution in [0.5, 0.6) is 5.75 Å². The standard InChI is InChI=1S/C13H16FNO4S/c1-19-10-4-3-8(7-9(10)14)12(13(17)18)15-11(16)5-6-20-2/h3-4,7,12H,5-6H2,1-2H3,(H,15,16)(H,17,18). The number of carboxylic acids is 1. The Balaban J connectivity index is 2.88. The van der Waals surface area contributed by atoms with Crippen molar-refractivity contribution in [1.82, 2.24) is 5.32 Å². The Morgan fingerprint density at radius 2 is 2.20 bits per heavy atom. The molecule has 0 aliphatic rings. The lowest BCUT2D eigenvalue weighted by atomic mass is 10.1. The molecule has 20 heavy (non-hydrogen) atoms. The SMILES string of the molecule is COc1ccc(C(NC(=O)CCSC)C(=O)O)cc1F. The second kappa shape index (κ2) is 7.74. The lowest BCUT2D eigenvalue weighted by molar-refractivity contribution is -0.142. The summed E-state index contributed by atoms with van der Waals surface area (Å²) in [4.78, 5) is 22.8. The number of amides is 1. The Hall–Kier alpha value is -1.76. The maximum absolute atomic E-state index is 13.6. The predicted molar refractivity (Wildman–Crippen MR) is 74.5 cm³/mol. The van der Waals surface area contributed by atoms with Gasteiger partial charge in [0.1, 0.15) is 0 Å². The molecule has 0 fully saturated rings. The summed E-state index contributed by atoms with van der Waals surface area (Å²) >= 11 is 1.48. The Morgan fingerprint density at radius 3 is 2.70 bits per heavy atom. The first-order chi connectivity index (χ1) is 9.49. The van der Waals surface area contributed by atoms with E-state index in [1.807, 2.05) is 6.26 Å². The van der Waals surface area contributed by atoms with Gasteiger partial charge in [0.15, 0.2) is 17.6 Å². The molecular weight excluding hydrogens is 285 g/mol. The third kappa shape index (κ3) is 4.41. The van der Waals surface area contributed by atoms with E-state index in [1.165, 1.54) is 31.0 Å². The fourth-order valence-corrected chi connectivity index (χ4v) is 1.97. The van der Waals surface area contributed by atoms with E-state index in [2.05, 4.69) is 5.32 Å². The first-order valence-electron chi connectivity index (χ1n) is 5.84. The van der Waals surface area contributed by atoms with Crippen molar-refractivity contribution in [3.63, 3.8) is 0 Å². The summed E-state index contributed by atoms with van der Waals surface area (Å²) in [6, 6.07) is 2.52. The second-order valence-electron chi connectivity index (χ2n) is 3.98. The number of ether oxygens (including phenoxy) is 1. The fourth-order valence-electron chi connectivity index (χ4n) is 1.58. The topological polar surface area (TPSA) is 75.6 Å². The number of rotatable bonds is 7. The van der Waals surface area contributed by atoms with Gasteiger partial charge in [0.05, 0.1) is 7.11 Å². The first-order valence-corrected chi connectivity index (χ1v) is 7.23. The Bertz CT molecular complexity index is 495. The highest BCUT2D eigenvalue weighted by Gasteiger charge is 2.23. The molecule has 0 aromatic heterocycles. The Morgan fingerprint density at radius 1 is 1.50 bits per heavy atom. The lowest BCUT2D eigenvalue weighted by Gasteiger charge is -2.15. The smallest absolute Gasteiger partial charge is 0.330 e. The Kier molecular flexibility index (Phi) is 6.30. The molecule has 1 aromatic carbocycles. The van der Waals surface area contributed by atoms with Crippen LogP contribution in [0.4, 0.5) is 4.39 Å².